The molecule has 0 fully saturated rings. The zero-order valence-corrected chi connectivity index (χ0v) is 18.2. The molecule has 2 aliphatic heterocycles. The van der Waals surface area contributed by atoms with Gasteiger partial charge in [0.15, 0.2) is 11.1 Å². The Hall–Kier alpha value is -3.66. The summed E-state index contributed by atoms with van der Waals surface area (Å²) in [6.45, 7) is 0. The molecule has 0 bridgehead atoms. The molecular formula is C24H19ClN2O6. The van der Waals surface area contributed by atoms with Gasteiger partial charge in [-0.25, -0.2) is 18.6 Å². The summed E-state index contributed by atoms with van der Waals surface area (Å²) in [5, 5.41) is 6.63. The van der Waals surface area contributed by atoms with Gasteiger partial charge in [-0.2, -0.15) is 0 Å². The van der Waals surface area contributed by atoms with E-state index in [2.05, 4.69) is 18.2 Å². The summed E-state index contributed by atoms with van der Waals surface area (Å²) in [6.07, 6.45) is 1.94. The topological polar surface area (TPSA) is 143 Å². The summed E-state index contributed by atoms with van der Waals surface area (Å²) in [6, 6.07) is 26.0. The number of benzene rings is 3. The second kappa shape index (κ2) is 9.07. The summed E-state index contributed by atoms with van der Waals surface area (Å²) >= 11 is 0. The van der Waals surface area contributed by atoms with Crippen LogP contribution in [0.5, 0.6) is 5.75 Å². The van der Waals surface area contributed by atoms with Crippen LogP contribution in [0.1, 0.15) is 5.76 Å². The standard InChI is InChI=1S/C24H18N2O2.ClHO4/c1-26-20-9-5-6-10-21(20)28-24(26)15-23-19(16-7-3-2-4-8-16)13-17-11-12-18(25)14-22(17)27-23;2-1(3,4)5/h2-15,25H,1H3;(H,2,3,4,5)/b24-15+,25-18?;. The van der Waals surface area contributed by atoms with Gasteiger partial charge in [0.25, 0.3) is 0 Å². The molecular weight excluding hydrogens is 448 g/mol. The van der Waals surface area contributed by atoms with Gasteiger partial charge in [-0.1, -0.05) is 42.5 Å². The van der Waals surface area contributed by atoms with Crippen LogP contribution in [0.3, 0.4) is 0 Å². The first-order chi connectivity index (χ1) is 15.7. The van der Waals surface area contributed by atoms with Crippen molar-refractivity contribution in [1.82, 2.24) is 0 Å². The van der Waals surface area contributed by atoms with Crippen molar-refractivity contribution in [3.8, 4) is 28.2 Å². The quantitative estimate of drug-likeness (QED) is 0.390. The van der Waals surface area contributed by atoms with Gasteiger partial charge < -0.3 is 14.1 Å². The first-order valence-electron chi connectivity index (χ1n) is 9.75. The second-order valence-corrected chi connectivity index (χ2v) is 7.93. The smallest absolute Gasteiger partial charge is 0.204 e. The molecule has 2 N–H and O–H groups in total. The number of para-hydroxylation sites is 2. The van der Waals surface area contributed by atoms with Gasteiger partial charge in [0.2, 0.25) is 5.88 Å². The SMILES string of the molecule is CN1/C(=C\c2oc3cc(=[NH2+])ccc-3cc2-c2ccccc2)Oc2ccccc21.[O-][Cl+3]([O-])([O-])[O-]. The minimum Gasteiger partial charge on any atom is -0.456 e. The predicted molar refractivity (Wildman–Crippen MR) is 109 cm³/mol. The lowest BCUT2D eigenvalue weighted by atomic mass is 10.0. The lowest BCUT2D eigenvalue weighted by Crippen LogP contribution is -2.68. The van der Waals surface area contributed by atoms with Crippen molar-refractivity contribution in [2.24, 2.45) is 0 Å². The van der Waals surface area contributed by atoms with Gasteiger partial charge >= 0.3 is 0 Å². The molecule has 1 aliphatic carbocycles. The van der Waals surface area contributed by atoms with Crippen LogP contribution in [0.4, 0.5) is 5.69 Å². The molecule has 2 aromatic rings. The maximum Gasteiger partial charge on any atom is 0.204 e. The number of ether oxygens (including phenoxy) is 1. The Morgan fingerprint density at radius 2 is 1.52 bits per heavy atom. The van der Waals surface area contributed by atoms with Crippen molar-refractivity contribution in [2.75, 3.05) is 11.9 Å². The molecule has 5 rings (SSSR count). The minimum atomic E-state index is -4.94. The molecule has 0 radical (unpaired) electrons. The van der Waals surface area contributed by atoms with Crippen molar-refractivity contribution in [1.29, 1.82) is 0 Å². The Morgan fingerprint density at radius 1 is 0.848 bits per heavy atom. The Kier molecular flexibility index (Phi) is 6.19. The van der Waals surface area contributed by atoms with Gasteiger partial charge in [-0.05, 0) is 29.8 Å². The Morgan fingerprint density at radius 3 is 2.21 bits per heavy atom. The highest BCUT2D eigenvalue weighted by Gasteiger charge is 2.24. The molecule has 2 aromatic carbocycles. The number of fused-ring (bicyclic) bond motifs is 2. The lowest BCUT2D eigenvalue weighted by Gasteiger charge is -2.17. The molecule has 0 spiro atoms. The first-order valence-corrected chi connectivity index (χ1v) is 11.0. The average molecular weight is 467 g/mol. The molecule has 0 unspecified atom stereocenters. The van der Waals surface area contributed by atoms with Crippen LogP contribution in [0.15, 0.2) is 89.2 Å². The molecule has 9 heteroatoms. The van der Waals surface area contributed by atoms with E-state index < -0.39 is 10.2 Å². The highest BCUT2D eigenvalue weighted by Crippen LogP contribution is 2.39. The van der Waals surface area contributed by atoms with E-state index in [4.69, 9.17) is 33.2 Å². The third kappa shape index (κ3) is 5.40. The van der Waals surface area contributed by atoms with Gasteiger partial charge in [0.1, 0.15) is 11.5 Å². The van der Waals surface area contributed by atoms with E-state index in [-0.39, 0.29) is 0 Å². The van der Waals surface area contributed by atoms with Gasteiger partial charge in [0.05, 0.1) is 11.8 Å². The molecule has 33 heavy (non-hydrogen) atoms. The molecule has 168 valence electrons. The zero-order valence-electron chi connectivity index (χ0n) is 17.4. The van der Waals surface area contributed by atoms with E-state index in [0.29, 0.717) is 11.2 Å². The highest BCUT2D eigenvalue weighted by atomic mass is 35.7. The largest absolute Gasteiger partial charge is 0.456 e. The van der Waals surface area contributed by atoms with Crippen LogP contribution in [0.25, 0.3) is 28.5 Å². The van der Waals surface area contributed by atoms with Crippen molar-refractivity contribution >= 4 is 11.8 Å². The Labute approximate surface area is 191 Å². The maximum absolute atomic E-state index is 8.49. The molecule has 2 heterocycles. The number of hydrogen-bond donors (Lipinski definition) is 1. The van der Waals surface area contributed by atoms with Gasteiger partial charge in [-0.3, -0.25) is 5.41 Å². The number of halogens is 1. The summed E-state index contributed by atoms with van der Waals surface area (Å²) in [7, 11) is -2.96. The summed E-state index contributed by atoms with van der Waals surface area (Å²) < 4.78 is 46.3. The molecule has 0 amide bonds. The third-order valence-corrected chi connectivity index (χ3v) is 4.93. The van der Waals surface area contributed by atoms with Crippen LogP contribution in [0, 0.1) is 10.2 Å². The molecule has 0 saturated heterocycles. The fourth-order valence-electron chi connectivity index (χ4n) is 3.47. The zero-order chi connectivity index (χ0) is 23.6. The normalized spacial score (nSPS) is 14.0. The van der Waals surface area contributed by atoms with Crippen LogP contribution in [-0.2, 0) is 0 Å². The van der Waals surface area contributed by atoms with Crippen LogP contribution < -0.4 is 39.0 Å². The number of nitrogens with two attached hydrogens (primary N) is 1. The van der Waals surface area contributed by atoms with Crippen molar-refractivity contribution in [3.05, 3.63) is 95.9 Å². The first kappa shape index (κ1) is 22.5. The van der Waals surface area contributed by atoms with Crippen molar-refractivity contribution < 1.29 is 43.4 Å². The predicted octanol–water partition coefficient (Wildman–Crippen LogP) is -1.22. The fraction of sp³-hybridized carbons (Fsp3) is 0.0417. The highest BCUT2D eigenvalue weighted by molar-refractivity contribution is 5.80. The molecule has 0 aromatic heterocycles. The van der Waals surface area contributed by atoms with Crippen LogP contribution in [0.2, 0.25) is 0 Å². The maximum atomic E-state index is 8.49. The Bertz CT molecular complexity index is 1320. The van der Waals surface area contributed by atoms with E-state index in [1.807, 2.05) is 78.7 Å². The molecule has 8 nitrogen and oxygen atoms in total. The molecule has 3 aliphatic rings. The number of rotatable bonds is 2. The van der Waals surface area contributed by atoms with Crippen LogP contribution in [-0.4, -0.2) is 7.05 Å². The second-order valence-electron chi connectivity index (χ2n) is 7.18. The molecule has 0 saturated carbocycles. The third-order valence-electron chi connectivity index (χ3n) is 4.93. The summed E-state index contributed by atoms with van der Waals surface area (Å²) in [4.78, 5) is 2.02. The summed E-state index contributed by atoms with van der Waals surface area (Å²) in [5.41, 5.74) is 4.10. The van der Waals surface area contributed by atoms with E-state index >= 15 is 0 Å². The summed E-state index contributed by atoms with van der Waals surface area (Å²) in [5.74, 6) is 3.01. The van der Waals surface area contributed by atoms with E-state index in [1.54, 1.807) is 0 Å². The van der Waals surface area contributed by atoms with Gasteiger partial charge in [0, 0.05) is 30.3 Å². The van der Waals surface area contributed by atoms with E-state index in [0.717, 1.165) is 39.6 Å². The van der Waals surface area contributed by atoms with Crippen molar-refractivity contribution in [3.63, 3.8) is 0 Å². The average Bonchev–Trinajstić information content (AvgIpc) is 3.08. The minimum absolute atomic E-state index is 0.670. The van der Waals surface area contributed by atoms with E-state index in [1.165, 1.54) is 0 Å². The number of hydrogen-bond acceptors (Lipinski definition) is 7. The van der Waals surface area contributed by atoms with Crippen molar-refractivity contribution in [2.45, 2.75) is 0 Å². The monoisotopic (exact) mass is 466 g/mol. The van der Waals surface area contributed by atoms with Gasteiger partial charge in [-0.15, -0.1) is 10.2 Å². The Balaban J connectivity index is 0.000000471. The van der Waals surface area contributed by atoms with Crippen LogP contribution >= 0.6 is 0 Å². The van der Waals surface area contributed by atoms with E-state index in [9.17, 15) is 0 Å². The molecule has 0 atom stereocenters. The lowest BCUT2D eigenvalue weighted by molar-refractivity contribution is -2.00. The number of anilines is 1. The fourth-order valence-corrected chi connectivity index (χ4v) is 3.47. The number of nitrogens with zero attached hydrogens (tertiary/aromatic N) is 1.